The van der Waals surface area contributed by atoms with Gasteiger partial charge in [0.05, 0.1) is 5.25 Å². The molecule has 1 aromatic rings. The first-order valence-corrected chi connectivity index (χ1v) is 8.52. The summed E-state index contributed by atoms with van der Waals surface area (Å²) in [6.45, 7) is 1.46. The molecule has 1 aromatic heterocycles. The summed E-state index contributed by atoms with van der Waals surface area (Å²) in [6, 6.07) is 0. The van der Waals surface area contributed by atoms with Crippen LogP contribution >= 0.6 is 11.3 Å². The molecule has 0 unspecified atom stereocenters. The molecule has 0 aromatic carbocycles. The van der Waals surface area contributed by atoms with E-state index in [4.69, 9.17) is 0 Å². The molecule has 1 aliphatic carbocycles. The SMILES string of the molecule is Cc1csc(=O)n1CC(=O)NS(=O)(=O)C1CCCC1. The van der Waals surface area contributed by atoms with Gasteiger partial charge < -0.3 is 0 Å². The van der Waals surface area contributed by atoms with Gasteiger partial charge in [-0.05, 0) is 19.8 Å². The molecule has 0 aliphatic heterocycles. The van der Waals surface area contributed by atoms with Crippen LogP contribution in [-0.4, -0.2) is 24.1 Å². The Morgan fingerprint density at radius 3 is 2.63 bits per heavy atom. The number of carbonyl (C=O) groups is 1. The second-order valence-corrected chi connectivity index (χ2v) is 7.49. The van der Waals surface area contributed by atoms with E-state index >= 15 is 0 Å². The van der Waals surface area contributed by atoms with Gasteiger partial charge in [-0.1, -0.05) is 24.2 Å². The Balaban J connectivity index is 2.04. The highest BCUT2D eigenvalue weighted by atomic mass is 32.2. The predicted octanol–water partition coefficient (Wildman–Crippen LogP) is 0.607. The highest BCUT2D eigenvalue weighted by molar-refractivity contribution is 7.90. The number of aryl methyl sites for hydroxylation is 1. The van der Waals surface area contributed by atoms with Gasteiger partial charge in [-0.15, -0.1) is 0 Å². The van der Waals surface area contributed by atoms with Gasteiger partial charge in [0, 0.05) is 11.1 Å². The molecule has 1 fully saturated rings. The van der Waals surface area contributed by atoms with E-state index in [1.165, 1.54) is 4.57 Å². The minimum Gasteiger partial charge on any atom is -0.294 e. The number of aromatic nitrogens is 1. The maximum Gasteiger partial charge on any atom is 0.307 e. The number of hydrogen-bond donors (Lipinski definition) is 1. The average molecular weight is 304 g/mol. The number of amides is 1. The molecular weight excluding hydrogens is 288 g/mol. The van der Waals surface area contributed by atoms with Crippen LogP contribution in [0.5, 0.6) is 0 Å². The molecular formula is C11H16N2O4S2. The van der Waals surface area contributed by atoms with E-state index in [0.717, 1.165) is 24.2 Å². The summed E-state index contributed by atoms with van der Waals surface area (Å²) in [5.74, 6) is -0.657. The van der Waals surface area contributed by atoms with Crippen LogP contribution in [0.2, 0.25) is 0 Å². The molecule has 6 nitrogen and oxygen atoms in total. The summed E-state index contributed by atoms with van der Waals surface area (Å²) in [4.78, 5) is 22.9. The monoisotopic (exact) mass is 304 g/mol. The van der Waals surface area contributed by atoms with Crippen molar-refractivity contribution >= 4 is 27.3 Å². The van der Waals surface area contributed by atoms with Gasteiger partial charge in [0.25, 0.3) is 5.91 Å². The maximum atomic E-state index is 11.9. The van der Waals surface area contributed by atoms with Crippen LogP contribution in [0, 0.1) is 6.92 Å². The molecule has 0 atom stereocenters. The number of nitrogens with one attached hydrogen (secondary N) is 1. The fraction of sp³-hybridized carbons (Fsp3) is 0.636. The normalized spacial score (nSPS) is 16.7. The molecule has 0 radical (unpaired) electrons. The number of hydrogen-bond acceptors (Lipinski definition) is 5. The Labute approximate surface area is 115 Å². The minimum atomic E-state index is -3.60. The summed E-state index contributed by atoms with van der Waals surface area (Å²) >= 11 is 0.994. The molecule has 0 saturated heterocycles. The molecule has 1 heterocycles. The highest BCUT2D eigenvalue weighted by Crippen LogP contribution is 2.23. The van der Waals surface area contributed by atoms with Gasteiger partial charge in [0.2, 0.25) is 10.0 Å². The predicted molar refractivity (Wildman–Crippen MR) is 72.6 cm³/mol. The lowest BCUT2D eigenvalue weighted by Crippen LogP contribution is -2.40. The van der Waals surface area contributed by atoms with E-state index in [9.17, 15) is 18.0 Å². The number of nitrogens with zero attached hydrogens (tertiary/aromatic N) is 1. The lowest BCUT2D eigenvalue weighted by molar-refractivity contribution is -0.119. The van der Waals surface area contributed by atoms with Crippen molar-refractivity contribution in [2.75, 3.05) is 0 Å². The molecule has 19 heavy (non-hydrogen) atoms. The van der Waals surface area contributed by atoms with E-state index in [1.807, 2.05) is 0 Å². The lowest BCUT2D eigenvalue weighted by Gasteiger charge is -2.12. The first-order chi connectivity index (χ1) is 8.90. The highest BCUT2D eigenvalue weighted by Gasteiger charge is 2.30. The lowest BCUT2D eigenvalue weighted by atomic mass is 10.4. The van der Waals surface area contributed by atoms with Crippen LogP contribution in [0.25, 0.3) is 0 Å². The van der Waals surface area contributed by atoms with Crippen molar-refractivity contribution in [3.05, 3.63) is 20.7 Å². The Morgan fingerprint density at radius 2 is 2.11 bits per heavy atom. The Hall–Kier alpha value is -1.15. The second-order valence-electron chi connectivity index (χ2n) is 4.71. The van der Waals surface area contributed by atoms with E-state index in [2.05, 4.69) is 4.72 Å². The van der Waals surface area contributed by atoms with Crippen molar-refractivity contribution in [2.24, 2.45) is 0 Å². The number of rotatable bonds is 4. The van der Waals surface area contributed by atoms with Crippen LogP contribution in [0.1, 0.15) is 31.4 Å². The second kappa shape index (κ2) is 5.46. The average Bonchev–Trinajstić information content (AvgIpc) is 2.94. The van der Waals surface area contributed by atoms with Gasteiger partial charge in [-0.3, -0.25) is 18.9 Å². The van der Waals surface area contributed by atoms with Gasteiger partial charge in [0.1, 0.15) is 6.54 Å². The molecule has 106 valence electrons. The first kappa shape index (κ1) is 14.3. The quantitative estimate of drug-likeness (QED) is 0.883. The number of thiazole rings is 1. The van der Waals surface area contributed by atoms with E-state index in [0.29, 0.717) is 18.5 Å². The van der Waals surface area contributed by atoms with Crippen molar-refractivity contribution in [1.82, 2.24) is 9.29 Å². The summed E-state index contributed by atoms with van der Waals surface area (Å²) < 4.78 is 27.2. The van der Waals surface area contributed by atoms with Gasteiger partial charge in [-0.25, -0.2) is 8.42 Å². The molecule has 1 N–H and O–H groups in total. The van der Waals surface area contributed by atoms with Crippen LogP contribution < -0.4 is 9.60 Å². The maximum absolute atomic E-state index is 11.9. The van der Waals surface area contributed by atoms with Crippen molar-refractivity contribution in [1.29, 1.82) is 0 Å². The van der Waals surface area contributed by atoms with E-state index in [-0.39, 0.29) is 11.4 Å². The first-order valence-electron chi connectivity index (χ1n) is 6.09. The summed E-state index contributed by atoms with van der Waals surface area (Å²) in [6.07, 6.45) is 2.95. The summed E-state index contributed by atoms with van der Waals surface area (Å²) in [7, 11) is -3.60. The Morgan fingerprint density at radius 1 is 1.47 bits per heavy atom. The minimum absolute atomic E-state index is 0.250. The van der Waals surface area contributed by atoms with Gasteiger partial charge in [0.15, 0.2) is 0 Å². The van der Waals surface area contributed by atoms with Gasteiger partial charge in [-0.2, -0.15) is 0 Å². The van der Waals surface area contributed by atoms with E-state index < -0.39 is 21.2 Å². The standard InChI is InChI=1S/C11H16N2O4S2/c1-8-7-18-11(15)13(8)6-10(14)12-19(16,17)9-4-2-3-5-9/h7,9H,2-6H2,1H3,(H,12,14). The van der Waals surface area contributed by atoms with E-state index in [1.54, 1.807) is 12.3 Å². The summed E-state index contributed by atoms with van der Waals surface area (Å²) in [5.41, 5.74) is 0.656. The van der Waals surface area contributed by atoms with Crippen LogP contribution in [0.15, 0.2) is 10.2 Å². The zero-order valence-electron chi connectivity index (χ0n) is 10.6. The Bertz CT molecular complexity index is 623. The number of sulfonamides is 1. The van der Waals surface area contributed by atoms with Crippen LogP contribution in [-0.2, 0) is 21.4 Å². The van der Waals surface area contributed by atoms with Crippen molar-refractivity contribution in [3.8, 4) is 0 Å². The van der Waals surface area contributed by atoms with Crippen molar-refractivity contribution in [3.63, 3.8) is 0 Å². The zero-order chi connectivity index (χ0) is 14.0. The fourth-order valence-corrected chi connectivity index (χ4v) is 4.45. The topological polar surface area (TPSA) is 85.2 Å². The molecule has 0 spiro atoms. The zero-order valence-corrected chi connectivity index (χ0v) is 12.2. The number of carbonyl (C=O) groups excluding carboxylic acids is 1. The third kappa shape index (κ3) is 3.24. The molecule has 8 heteroatoms. The molecule has 2 rings (SSSR count). The molecule has 1 amide bonds. The van der Waals surface area contributed by atoms with Crippen molar-refractivity contribution in [2.45, 2.75) is 44.4 Å². The molecule has 1 saturated carbocycles. The van der Waals surface area contributed by atoms with Crippen molar-refractivity contribution < 1.29 is 13.2 Å². The Kier molecular flexibility index (Phi) is 4.10. The third-order valence-corrected chi connectivity index (χ3v) is 6.02. The third-order valence-electron chi connectivity index (χ3n) is 3.28. The van der Waals surface area contributed by atoms with Crippen LogP contribution in [0.3, 0.4) is 0 Å². The van der Waals surface area contributed by atoms with Crippen LogP contribution in [0.4, 0.5) is 0 Å². The largest absolute Gasteiger partial charge is 0.307 e. The smallest absolute Gasteiger partial charge is 0.294 e. The van der Waals surface area contributed by atoms with Gasteiger partial charge >= 0.3 is 4.87 Å². The summed E-state index contributed by atoms with van der Waals surface area (Å²) in [5, 5.41) is 1.16. The molecule has 1 aliphatic rings. The fourth-order valence-electron chi connectivity index (χ4n) is 2.21. The molecule has 0 bridgehead atoms.